The van der Waals surface area contributed by atoms with Crippen LogP contribution in [0.3, 0.4) is 0 Å². The van der Waals surface area contributed by atoms with Crippen LogP contribution in [0.25, 0.3) is 0 Å². The average Bonchev–Trinajstić information content (AvgIpc) is 2.97. The van der Waals surface area contributed by atoms with E-state index in [0.717, 1.165) is 12.1 Å². The number of nitrogens with one attached hydrogen (secondary N) is 1. The summed E-state index contributed by atoms with van der Waals surface area (Å²) < 4.78 is 72.4. The summed E-state index contributed by atoms with van der Waals surface area (Å²) in [6.45, 7) is 2.39. The Morgan fingerprint density at radius 2 is 1.85 bits per heavy atom. The van der Waals surface area contributed by atoms with E-state index in [1.807, 2.05) is 0 Å². The monoisotopic (exact) mass is 602 g/mol. The molecule has 2 aromatic rings. The average molecular weight is 603 g/mol. The molecule has 3 fully saturated rings. The third-order valence-corrected chi connectivity index (χ3v) is 8.44. The second-order valence-corrected chi connectivity index (χ2v) is 11.4. The van der Waals surface area contributed by atoms with Gasteiger partial charge in [-0.25, -0.2) is 9.07 Å². The minimum Gasteiger partial charge on any atom is -0.379 e. The van der Waals surface area contributed by atoms with Gasteiger partial charge in [-0.1, -0.05) is 11.6 Å². The fourth-order valence-corrected chi connectivity index (χ4v) is 6.02. The van der Waals surface area contributed by atoms with Crippen molar-refractivity contribution in [2.75, 3.05) is 56.3 Å². The highest BCUT2D eigenvalue weighted by Crippen LogP contribution is 2.35. The molecule has 3 heterocycles. The molecule has 2 saturated heterocycles. The first-order chi connectivity index (χ1) is 19.6. The van der Waals surface area contributed by atoms with Gasteiger partial charge < -0.3 is 24.4 Å². The first-order valence-corrected chi connectivity index (χ1v) is 14.4. The Hall–Kier alpha value is -2.41. The maximum atomic E-state index is 14.9. The van der Waals surface area contributed by atoms with Gasteiger partial charge in [0.15, 0.2) is 5.67 Å². The highest BCUT2D eigenvalue weighted by atomic mass is 35.5. The number of ether oxygens (including phenoxy) is 3. The van der Waals surface area contributed by atoms with Crippen molar-refractivity contribution < 1.29 is 31.8 Å². The minimum absolute atomic E-state index is 0.00522. The van der Waals surface area contributed by atoms with Crippen LogP contribution in [0.15, 0.2) is 35.3 Å². The number of anilines is 2. The Bertz CT molecular complexity index is 1210. The lowest BCUT2D eigenvalue weighted by Gasteiger charge is -2.40. The minimum atomic E-state index is -4.41. The Morgan fingerprint density at radius 3 is 2.49 bits per heavy atom. The van der Waals surface area contributed by atoms with Gasteiger partial charge in [-0.05, 0) is 62.8 Å². The van der Waals surface area contributed by atoms with Crippen LogP contribution in [0, 0.1) is 0 Å². The lowest BCUT2D eigenvalue weighted by molar-refractivity contribution is -0.137. The summed E-state index contributed by atoms with van der Waals surface area (Å²) in [5.41, 5.74) is -1.70. The molecule has 5 rings (SSSR count). The maximum absolute atomic E-state index is 14.9. The molecule has 1 saturated carbocycles. The van der Waals surface area contributed by atoms with Crippen LogP contribution in [0.5, 0.6) is 0 Å². The van der Waals surface area contributed by atoms with E-state index in [1.165, 1.54) is 23.0 Å². The number of rotatable bonds is 8. The van der Waals surface area contributed by atoms with E-state index >= 15 is 0 Å². The van der Waals surface area contributed by atoms with E-state index < -0.39 is 23.0 Å². The van der Waals surface area contributed by atoms with Crippen molar-refractivity contribution in [1.82, 2.24) is 9.78 Å². The summed E-state index contributed by atoms with van der Waals surface area (Å²) in [4.78, 5) is 15.2. The number of aromatic nitrogens is 2. The summed E-state index contributed by atoms with van der Waals surface area (Å²) in [6.07, 6.45) is 0.487. The van der Waals surface area contributed by atoms with E-state index in [1.54, 1.807) is 0 Å². The molecule has 2 atom stereocenters. The van der Waals surface area contributed by atoms with Gasteiger partial charge in [0.05, 0.1) is 62.6 Å². The van der Waals surface area contributed by atoms with Crippen molar-refractivity contribution in [3.8, 4) is 0 Å². The van der Waals surface area contributed by atoms with Gasteiger partial charge in [-0.3, -0.25) is 4.79 Å². The molecule has 3 aliphatic rings. The largest absolute Gasteiger partial charge is 0.416 e. The second kappa shape index (κ2) is 12.8. The molecule has 0 radical (unpaired) electrons. The molecule has 0 amide bonds. The van der Waals surface area contributed by atoms with Crippen LogP contribution < -0.4 is 15.8 Å². The SMILES string of the molecule is O=c1c(Cl)c(NC[C@]2(F)CCCOC2)cnn1[C@H]1CC[C@H](N(C[C@H]2COCCO2)c2ccc(C(F)(F)F)cc2)CC1. The zero-order valence-corrected chi connectivity index (χ0v) is 23.4. The zero-order valence-electron chi connectivity index (χ0n) is 22.7. The molecule has 1 N–H and O–H groups in total. The molecule has 13 heteroatoms. The van der Waals surface area contributed by atoms with Crippen LogP contribution in [0.1, 0.15) is 50.1 Å². The predicted octanol–water partition coefficient (Wildman–Crippen LogP) is 5.25. The van der Waals surface area contributed by atoms with Crippen LogP contribution in [0.2, 0.25) is 5.02 Å². The Kier molecular flexibility index (Phi) is 9.42. The molecule has 226 valence electrons. The quantitative estimate of drug-likeness (QED) is 0.414. The number of hydrogen-bond acceptors (Lipinski definition) is 7. The summed E-state index contributed by atoms with van der Waals surface area (Å²) in [6, 6.07) is 5.03. The van der Waals surface area contributed by atoms with Gasteiger partial charge in [0.1, 0.15) is 5.02 Å². The lowest BCUT2D eigenvalue weighted by Crippen LogP contribution is -2.46. The van der Waals surface area contributed by atoms with E-state index in [0.29, 0.717) is 77.2 Å². The standard InChI is InChI=1S/C28H35ClF4N4O4/c29-25-24(34-17-27(30)10-1-11-40-18-27)14-35-37(26(25)38)22-8-6-21(7-9-22)36(15-23-16-39-12-13-41-23)20-4-2-19(3-5-20)28(31,32)33/h2-5,14,21-23,34H,1,6-13,15-18H2/t21-,22-,23-,27+/m0/s1. The van der Waals surface area contributed by atoms with Crippen LogP contribution in [-0.2, 0) is 20.4 Å². The fraction of sp³-hybridized carbons (Fsp3) is 0.643. The molecule has 0 bridgehead atoms. The van der Waals surface area contributed by atoms with Crippen molar-refractivity contribution in [1.29, 1.82) is 0 Å². The van der Waals surface area contributed by atoms with Gasteiger partial charge in [0.25, 0.3) is 5.56 Å². The van der Waals surface area contributed by atoms with Gasteiger partial charge in [-0.15, -0.1) is 0 Å². The first kappa shape index (κ1) is 30.1. The van der Waals surface area contributed by atoms with E-state index in [4.69, 9.17) is 25.8 Å². The summed E-state index contributed by atoms with van der Waals surface area (Å²) in [7, 11) is 0. The second-order valence-electron chi connectivity index (χ2n) is 11.0. The normalized spacial score (nSPS) is 27.4. The summed E-state index contributed by atoms with van der Waals surface area (Å²) in [5, 5.41) is 7.24. The smallest absolute Gasteiger partial charge is 0.379 e. The van der Waals surface area contributed by atoms with Crippen LogP contribution in [0.4, 0.5) is 28.9 Å². The van der Waals surface area contributed by atoms with Crippen LogP contribution in [-0.4, -0.2) is 73.7 Å². The predicted molar refractivity (Wildman–Crippen MR) is 147 cm³/mol. The molecule has 41 heavy (non-hydrogen) atoms. The van der Waals surface area contributed by atoms with Gasteiger partial charge in [0, 0.05) is 24.9 Å². The number of halogens is 5. The van der Waals surface area contributed by atoms with Crippen molar-refractivity contribution in [2.24, 2.45) is 0 Å². The number of hydrogen-bond donors (Lipinski definition) is 1. The topological polar surface area (TPSA) is 77.9 Å². The van der Waals surface area contributed by atoms with E-state index in [-0.39, 0.29) is 42.0 Å². The molecular weight excluding hydrogens is 568 g/mol. The Labute approximate surface area is 240 Å². The maximum Gasteiger partial charge on any atom is 0.416 e. The van der Waals surface area contributed by atoms with E-state index in [9.17, 15) is 22.4 Å². The molecule has 1 aromatic carbocycles. The van der Waals surface area contributed by atoms with Gasteiger partial charge >= 0.3 is 6.18 Å². The van der Waals surface area contributed by atoms with Crippen LogP contribution >= 0.6 is 11.6 Å². The van der Waals surface area contributed by atoms with Crippen molar-refractivity contribution in [2.45, 2.75) is 68.6 Å². The lowest BCUT2D eigenvalue weighted by atomic mass is 9.89. The molecule has 8 nitrogen and oxygen atoms in total. The molecular formula is C28H35ClF4N4O4. The molecule has 0 spiro atoms. The molecule has 2 aliphatic heterocycles. The van der Waals surface area contributed by atoms with E-state index in [2.05, 4.69) is 15.3 Å². The summed E-state index contributed by atoms with van der Waals surface area (Å²) in [5.74, 6) is 0. The fourth-order valence-electron chi connectivity index (χ4n) is 5.82. The van der Waals surface area contributed by atoms with Gasteiger partial charge in [-0.2, -0.15) is 18.3 Å². The number of alkyl halides is 4. The molecule has 0 unspecified atom stereocenters. The third-order valence-electron chi connectivity index (χ3n) is 8.08. The first-order valence-electron chi connectivity index (χ1n) is 14.0. The highest BCUT2D eigenvalue weighted by molar-refractivity contribution is 6.32. The van der Waals surface area contributed by atoms with Crippen molar-refractivity contribution in [3.05, 3.63) is 51.4 Å². The Balaban J connectivity index is 1.26. The Morgan fingerprint density at radius 1 is 1.10 bits per heavy atom. The number of benzene rings is 1. The molecule has 1 aromatic heterocycles. The molecule has 1 aliphatic carbocycles. The van der Waals surface area contributed by atoms with Crippen molar-refractivity contribution in [3.63, 3.8) is 0 Å². The highest BCUT2D eigenvalue weighted by Gasteiger charge is 2.34. The van der Waals surface area contributed by atoms with Gasteiger partial charge in [0.2, 0.25) is 0 Å². The van der Waals surface area contributed by atoms with Crippen molar-refractivity contribution >= 4 is 23.0 Å². The third kappa shape index (κ3) is 7.33. The number of nitrogens with zero attached hydrogens (tertiary/aromatic N) is 3. The summed E-state index contributed by atoms with van der Waals surface area (Å²) >= 11 is 6.39. The zero-order chi connectivity index (χ0) is 29.0.